The smallest absolute Gasteiger partial charge is 0.251 e. The van der Waals surface area contributed by atoms with Crippen LogP contribution < -0.4 is 10.5 Å². The Morgan fingerprint density at radius 1 is 1.23 bits per heavy atom. The summed E-state index contributed by atoms with van der Waals surface area (Å²) in [5, 5.41) is 8.28. The Balaban J connectivity index is 2.28. The van der Waals surface area contributed by atoms with E-state index in [4.69, 9.17) is 5.14 Å². The molecule has 6 heteroatoms. The van der Waals surface area contributed by atoms with Crippen LogP contribution in [0.15, 0.2) is 17.0 Å². The first-order valence-electron chi connectivity index (χ1n) is 7.65. The average Bonchev–Trinajstić information content (AvgIpc) is 2.42. The maximum absolute atomic E-state index is 12.5. The van der Waals surface area contributed by atoms with Gasteiger partial charge >= 0.3 is 0 Å². The molecule has 2 atom stereocenters. The van der Waals surface area contributed by atoms with Crippen LogP contribution in [0.4, 0.5) is 0 Å². The van der Waals surface area contributed by atoms with Crippen LogP contribution in [0, 0.1) is 19.8 Å². The van der Waals surface area contributed by atoms with E-state index in [1.54, 1.807) is 19.9 Å². The summed E-state index contributed by atoms with van der Waals surface area (Å²) in [4.78, 5) is 12.5. The molecule has 2 rings (SSSR count). The lowest BCUT2D eigenvalue weighted by Crippen LogP contribution is -2.41. The zero-order valence-corrected chi connectivity index (χ0v) is 14.2. The first kappa shape index (κ1) is 17.0. The normalized spacial score (nSPS) is 22.4. The van der Waals surface area contributed by atoms with Crippen LogP contribution in [0.1, 0.15) is 54.1 Å². The molecule has 0 bridgehead atoms. The van der Waals surface area contributed by atoms with Gasteiger partial charge in [-0.2, -0.15) is 0 Å². The zero-order valence-electron chi connectivity index (χ0n) is 13.3. The third-order valence-electron chi connectivity index (χ3n) is 4.62. The Hall–Kier alpha value is -1.40. The molecule has 1 saturated carbocycles. The minimum Gasteiger partial charge on any atom is -0.349 e. The van der Waals surface area contributed by atoms with E-state index < -0.39 is 10.0 Å². The maximum Gasteiger partial charge on any atom is 0.251 e. The molecule has 1 aromatic rings. The summed E-state index contributed by atoms with van der Waals surface area (Å²) in [6, 6.07) is 3.24. The van der Waals surface area contributed by atoms with Crippen LogP contribution >= 0.6 is 0 Å². The van der Waals surface area contributed by atoms with Gasteiger partial charge in [-0.25, -0.2) is 13.6 Å². The number of carbonyl (C=O) groups excluding carboxylic acids is 1. The highest BCUT2D eigenvalue weighted by molar-refractivity contribution is 7.89. The summed E-state index contributed by atoms with van der Waals surface area (Å²) in [5.74, 6) is 0.216. The number of sulfonamides is 1. The van der Waals surface area contributed by atoms with Crippen molar-refractivity contribution in [2.75, 3.05) is 0 Å². The van der Waals surface area contributed by atoms with Gasteiger partial charge in [0.25, 0.3) is 5.91 Å². The van der Waals surface area contributed by atoms with Gasteiger partial charge < -0.3 is 5.32 Å². The fraction of sp³-hybridized carbons (Fsp3) is 0.562. The predicted molar refractivity (Wildman–Crippen MR) is 86.2 cm³/mol. The molecule has 122 valence electrons. The lowest BCUT2D eigenvalue weighted by molar-refractivity contribution is 0.0910. The van der Waals surface area contributed by atoms with E-state index in [2.05, 4.69) is 12.2 Å². The van der Waals surface area contributed by atoms with Gasteiger partial charge in [-0.3, -0.25) is 4.79 Å². The second kappa shape index (κ2) is 6.38. The maximum atomic E-state index is 12.5. The lowest BCUT2D eigenvalue weighted by Gasteiger charge is -2.29. The van der Waals surface area contributed by atoms with Gasteiger partial charge in [0.2, 0.25) is 10.0 Å². The van der Waals surface area contributed by atoms with E-state index in [1.807, 2.05) is 0 Å². The minimum absolute atomic E-state index is 0.0225. The van der Waals surface area contributed by atoms with Crippen LogP contribution in [0.2, 0.25) is 0 Å². The SMILES string of the molecule is Cc1cc(C(=O)NC2CCCCC2C)cc(S(N)(=O)=O)c1C. The number of aryl methyl sites for hydroxylation is 1. The highest BCUT2D eigenvalue weighted by atomic mass is 32.2. The fourth-order valence-corrected chi connectivity index (χ4v) is 3.92. The number of benzene rings is 1. The van der Waals surface area contributed by atoms with Crippen molar-refractivity contribution in [3.05, 3.63) is 28.8 Å². The molecule has 0 heterocycles. The zero-order chi connectivity index (χ0) is 16.5. The Labute approximate surface area is 132 Å². The van der Waals surface area contributed by atoms with Crippen molar-refractivity contribution in [1.29, 1.82) is 0 Å². The van der Waals surface area contributed by atoms with Crippen molar-refractivity contribution >= 4 is 15.9 Å². The van der Waals surface area contributed by atoms with Gasteiger partial charge in [-0.05, 0) is 55.9 Å². The summed E-state index contributed by atoms with van der Waals surface area (Å²) < 4.78 is 23.3. The van der Waals surface area contributed by atoms with Gasteiger partial charge in [0.05, 0.1) is 4.90 Å². The van der Waals surface area contributed by atoms with Gasteiger partial charge in [-0.1, -0.05) is 19.8 Å². The van der Waals surface area contributed by atoms with Crippen LogP contribution in [0.5, 0.6) is 0 Å². The first-order valence-corrected chi connectivity index (χ1v) is 9.19. The number of hydrogen-bond acceptors (Lipinski definition) is 3. The molecule has 1 aliphatic carbocycles. The molecule has 0 aromatic heterocycles. The van der Waals surface area contributed by atoms with E-state index in [9.17, 15) is 13.2 Å². The van der Waals surface area contributed by atoms with Gasteiger partial charge in [0.15, 0.2) is 0 Å². The third-order valence-corrected chi connectivity index (χ3v) is 5.65. The van der Waals surface area contributed by atoms with Crippen LogP contribution in [0.25, 0.3) is 0 Å². The van der Waals surface area contributed by atoms with E-state index in [-0.39, 0.29) is 16.8 Å². The molecule has 1 aromatic carbocycles. The largest absolute Gasteiger partial charge is 0.349 e. The first-order chi connectivity index (χ1) is 10.2. The molecule has 1 amide bonds. The Bertz CT molecular complexity index is 683. The van der Waals surface area contributed by atoms with E-state index in [0.717, 1.165) is 24.8 Å². The molecule has 0 spiro atoms. The highest BCUT2D eigenvalue weighted by Gasteiger charge is 2.24. The predicted octanol–water partition coefficient (Wildman–Crippen LogP) is 2.26. The number of amides is 1. The number of primary sulfonamides is 1. The van der Waals surface area contributed by atoms with Crippen molar-refractivity contribution in [1.82, 2.24) is 5.32 Å². The number of nitrogens with two attached hydrogens (primary N) is 1. The molecule has 0 radical (unpaired) electrons. The standard InChI is InChI=1S/C16H24N2O3S/c1-10-6-4-5-7-14(10)18-16(19)13-8-11(2)12(3)15(9-13)22(17,20)21/h8-10,14H,4-7H2,1-3H3,(H,18,19)(H2,17,20,21). The molecule has 3 N–H and O–H groups in total. The summed E-state index contributed by atoms with van der Waals surface area (Å²) in [6.45, 7) is 5.62. The number of nitrogens with one attached hydrogen (secondary N) is 1. The van der Waals surface area contributed by atoms with E-state index in [1.165, 1.54) is 12.5 Å². The molecule has 2 unspecified atom stereocenters. The van der Waals surface area contributed by atoms with Crippen LogP contribution in [0.3, 0.4) is 0 Å². The molecular formula is C16H24N2O3S. The topological polar surface area (TPSA) is 89.3 Å². The van der Waals surface area contributed by atoms with Crippen LogP contribution in [-0.2, 0) is 10.0 Å². The summed E-state index contributed by atoms with van der Waals surface area (Å²) >= 11 is 0. The van der Waals surface area contributed by atoms with E-state index in [0.29, 0.717) is 17.0 Å². The average molecular weight is 324 g/mol. The quantitative estimate of drug-likeness (QED) is 0.893. The third kappa shape index (κ3) is 3.67. The molecule has 1 aliphatic rings. The Morgan fingerprint density at radius 2 is 1.86 bits per heavy atom. The van der Waals surface area contributed by atoms with E-state index >= 15 is 0 Å². The second-order valence-corrected chi connectivity index (χ2v) is 7.83. The molecule has 0 saturated heterocycles. The molecule has 0 aliphatic heterocycles. The summed E-state index contributed by atoms with van der Waals surface area (Å²) in [5.41, 5.74) is 1.68. The van der Waals surface area contributed by atoms with Crippen molar-refractivity contribution in [3.63, 3.8) is 0 Å². The molecule has 22 heavy (non-hydrogen) atoms. The summed E-state index contributed by atoms with van der Waals surface area (Å²) in [6.07, 6.45) is 4.40. The Morgan fingerprint density at radius 3 is 2.45 bits per heavy atom. The highest BCUT2D eigenvalue weighted by Crippen LogP contribution is 2.25. The second-order valence-electron chi connectivity index (χ2n) is 6.30. The van der Waals surface area contributed by atoms with Gasteiger partial charge in [0, 0.05) is 11.6 Å². The molecule has 1 fully saturated rings. The van der Waals surface area contributed by atoms with Crippen molar-refractivity contribution in [2.45, 2.75) is 57.4 Å². The minimum atomic E-state index is -3.84. The fourth-order valence-electron chi connectivity index (χ4n) is 3.04. The number of carbonyl (C=O) groups is 1. The molecule has 5 nitrogen and oxygen atoms in total. The van der Waals surface area contributed by atoms with Crippen molar-refractivity contribution in [3.8, 4) is 0 Å². The van der Waals surface area contributed by atoms with Crippen molar-refractivity contribution < 1.29 is 13.2 Å². The van der Waals surface area contributed by atoms with Gasteiger partial charge in [0.1, 0.15) is 0 Å². The van der Waals surface area contributed by atoms with Crippen LogP contribution in [-0.4, -0.2) is 20.4 Å². The lowest BCUT2D eigenvalue weighted by atomic mass is 9.86. The molecular weight excluding hydrogens is 300 g/mol. The Kier molecular flexibility index (Phi) is 4.92. The summed E-state index contributed by atoms with van der Waals surface area (Å²) in [7, 11) is -3.84. The number of hydrogen-bond donors (Lipinski definition) is 2. The number of rotatable bonds is 3. The van der Waals surface area contributed by atoms with Gasteiger partial charge in [-0.15, -0.1) is 0 Å². The monoisotopic (exact) mass is 324 g/mol. The van der Waals surface area contributed by atoms with Crippen molar-refractivity contribution in [2.24, 2.45) is 11.1 Å².